The van der Waals surface area contributed by atoms with Gasteiger partial charge in [-0.3, -0.25) is 0 Å². The molecule has 0 radical (unpaired) electrons. The van der Waals surface area contributed by atoms with E-state index in [-0.39, 0.29) is 0 Å². The maximum absolute atomic E-state index is 6.33. The van der Waals surface area contributed by atoms with Crippen molar-refractivity contribution in [2.24, 2.45) is 0 Å². The van der Waals surface area contributed by atoms with Crippen molar-refractivity contribution < 1.29 is 9.47 Å². The molecule has 2 aliphatic rings. The molecule has 4 aromatic carbocycles. The molecule has 124 valence electrons. The minimum absolute atomic E-state index is 0.623. The molecule has 1 atom stereocenters. The van der Waals surface area contributed by atoms with Crippen LogP contribution in [0.2, 0.25) is 5.02 Å². The summed E-state index contributed by atoms with van der Waals surface area (Å²) in [7, 11) is -0.772. The van der Waals surface area contributed by atoms with Crippen molar-refractivity contribution in [2.75, 3.05) is 0 Å². The second-order valence-corrected chi connectivity index (χ2v) is 8.87. The fraction of sp³-hybridized carbons (Fsp3) is 0. The third-order valence-corrected chi connectivity index (χ3v) is 7.73. The molecule has 0 spiro atoms. The van der Waals surface area contributed by atoms with Crippen LogP contribution in [0.1, 0.15) is 0 Å². The highest BCUT2D eigenvalue weighted by molar-refractivity contribution is 7.81. The lowest BCUT2D eigenvalue weighted by Crippen LogP contribution is -2.32. The van der Waals surface area contributed by atoms with E-state index >= 15 is 0 Å². The number of hydrogen-bond acceptors (Lipinski definition) is 2. The quantitative estimate of drug-likeness (QED) is 0.328. The molecule has 26 heavy (non-hydrogen) atoms. The Labute approximate surface area is 156 Å². The van der Waals surface area contributed by atoms with E-state index in [0.29, 0.717) is 5.02 Å². The highest BCUT2D eigenvalue weighted by atomic mass is 35.5. The maximum Gasteiger partial charge on any atom is 0.141 e. The Hall–Kier alpha value is -2.54. The van der Waals surface area contributed by atoms with Crippen LogP contribution >= 0.6 is 19.5 Å². The van der Waals surface area contributed by atoms with Gasteiger partial charge >= 0.3 is 0 Å². The van der Waals surface area contributed by atoms with Gasteiger partial charge in [-0.25, -0.2) is 0 Å². The number of hydrogen-bond donors (Lipinski definition) is 0. The van der Waals surface area contributed by atoms with E-state index in [0.717, 1.165) is 28.3 Å². The first-order valence-corrected chi connectivity index (χ1v) is 10.1. The van der Waals surface area contributed by atoms with Crippen LogP contribution in [0.5, 0.6) is 23.0 Å². The van der Waals surface area contributed by atoms with Crippen molar-refractivity contribution in [1.82, 2.24) is 0 Å². The van der Waals surface area contributed by atoms with E-state index in [9.17, 15) is 0 Å². The second kappa shape index (κ2) is 5.23. The molecule has 0 amide bonds. The molecule has 4 aromatic rings. The van der Waals surface area contributed by atoms with Gasteiger partial charge in [-0.1, -0.05) is 60.1 Å². The average Bonchev–Trinajstić information content (AvgIpc) is 2.67. The lowest BCUT2D eigenvalue weighted by Gasteiger charge is -2.35. The van der Waals surface area contributed by atoms with E-state index in [1.54, 1.807) is 0 Å². The highest BCUT2D eigenvalue weighted by Gasteiger charge is 2.38. The summed E-state index contributed by atoms with van der Waals surface area (Å²) in [6.07, 6.45) is 0. The van der Waals surface area contributed by atoms with E-state index in [2.05, 4.69) is 48.5 Å². The van der Waals surface area contributed by atoms with Crippen LogP contribution in [-0.2, 0) is 0 Å². The fourth-order valence-corrected chi connectivity index (χ4v) is 6.72. The van der Waals surface area contributed by atoms with E-state index in [1.165, 1.54) is 21.4 Å². The SMILES string of the molecule is Clc1cc2c3c(c1)Oc1ccc4ccccc4c1P3c1ccccc1O2. The summed E-state index contributed by atoms with van der Waals surface area (Å²) in [5.74, 6) is 3.42. The zero-order valence-corrected chi connectivity index (χ0v) is 15.2. The fourth-order valence-electron chi connectivity index (χ4n) is 3.79. The van der Waals surface area contributed by atoms with Crippen LogP contribution < -0.4 is 25.4 Å². The monoisotopic (exact) mass is 374 g/mol. The molecule has 0 aliphatic carbocycles. The van der Waals surface area contributed by atoms with Gasteiger partial charge in [-0.05, 0) is 22.9 Å². The van der Waals surface area contributed by atoms with Gasteiger partial charge in [0.1, 0.15) is 23.0 Å². The first-order chi connectivity index (χ1) is 12.8. The number of benzene rings is 4. The molecule has 0 fully saturated rings. The summed E-state index contributed by atoms with van der Waals surface area (Å²) in [6.45, 7) is 0. The van der Waals surface area contributed by atoms with Gasteiger partial charge in [0, 0.05) is 35.7 Å². The van der Waals surface area contributed by atoms with Gasteiger partial charge in [0.2, 0.25) is 0 Å². The second-order valence-electron chi connectivity index (χ2n) is 6.39. The molecule has 0 N–H and O–H groups in total. The predicted molar refractivity (Wildman–Crippen MR) is 108 cm³/mol. The summed E-state index contributed by atoms with van der Waals surface area (Å²) in [5.41, 5.74) is 0. The number of halogens is 1. The van der Waals surface area contributed by atoms with Gasteiger partial charge in [0.05, 0.1) is 5.30 Å². The predicted octanol–water partition coefficient (Wildman–Crippen LogP) is 5.46. The number of para-hydroxylation sites is 1. The first kappa shape index (κ1) is 14.6. The van der Waals surface area contributed by atoms with Crippen molar-refractivity contribution in [3.63, 3.8) is 0 Å². The van der Waals surface area contributed by atoms with Gasteiger partial charge in [-0.15, -0.1) is 0 Å². The zero-order valence-electron chi connectivity index (χ0n) is 13.6. The highest BCUT2D eigenvalue weighted by Crippen LogP contribution is 2.54. The van der Waals surface area contributed by atoms with Crippen LogP contribution in [0.15, 0.2) is 72.8 Å². The Morgan fingerprint density at radius 1 is 0.654 bits per heavy atom. The first-order valence-electron chi connectivity index (χ1n) is 8.40. The largest absolute Gasteiger partial charge is 0.456 e. The standard InChI is InChI=1S/C22H12ClO2P/c23-14-11-18-22-19(12-14)25-17-10-9-13-5-1-2-6-15(13)21(17)26(22)20-8-4-3-7-16(20)24-18/h1-12H. The van der Waals surface area contributed by atoms with Crippen molar-refractivity contribution in [3.8, 4) is 23.0 Å². The Kier molecular flexibility index (Phi) is 2.94. The molecule has 2 nitrogen and oxygen atoms in total. The van der Waals surface area contributed by atoms with Crippen LogP contribution in [0.3, 0.4) is 0 Å². The Bertz CT molecular complexity index is 1200. The molecule has 6 rings (SSSR count). The number of ether oxygens (including phenoxy) is 2. The Morgan fingerprint density at radius 2 is 1.38 bits per heavy atom. The van der Waals surface area contributed by atoms with Crippen molar-refractivity contribution in [1.29, 1.82) is 0 Å². The minimum atomic E-state index is -0.772. The van der Waals surface area contributed by atoms with Crippen LogP contribution in [0, 0.1) is 0 Å². The molecule has 2 heterocycles. The number of fused-ring (bicyclic) bond motifs is 6. The van der Waals surface area contributed by atoms with Crippen LogP contribution in [0.4, 0.5) is 0 Å². The summed E-state index contributed by atoms with van der Waals surface area (Å²) >= 11 is 6.33. The average molecular weight is 375 g/mol. The third kappa shape index (κ3) is 1.92. The molecule has 0 saturated carbocycles. The molecule has 0 aromatic heterocycles. The van der Waals surface area contributed by atoms with E-state index < -0.39 is 7.92 Å². The van der Waals surface area contributed by atoms with E-state index in [1.807, 2.05) is 24.3 Å². The van der Waals surface area contributed by atoms with Crippen molar-refractivity contribution in [2.45, 2.75) is 0 Å². The number of rotatable bonds is 0. The van der Waals surface area contributed by atoms with Crippen LogP contribution in [-0.4, -0.2) is 0 Å². The van der Waals surface area contributed by atoms with Crippen LogP contribution in [0.25, 0.3) is 10.8 Å². The van der Waals surface area contributed by atoms with Gasteiger partial charge in [0.15, 0.2) is 0 Å². The van der Waals surface area contributed by atoms with Crippen molar-refractivity contribution >= 4 is 46.2 Å². The third-order valence-electron chi connectivity index (χ3n) is 4.86. The topological polar surface area (TPSA) is 18.5 Å². The summed E-state index contributed by atoms with van der Waals surface area (Å²) in [6, 6.07) is 24.7. The smallest absolute Gasteiger partial charge is 0.141 e. The van der Waals surface area contributed by atoms with E-state index in [4.69, 9.17) is 21.1 Å². The lowest BCUT2D eigenvalue weighted by atomic mass is 10.1. The molecule has 0 saturated heterocycles. The Balaban J connectivity index is 1.76. The molecular weight excluding hydrogens is 363 g/mol. The maximum atomic E-state index is 6.33. The summed E-state index contributed by atoms with van der Waals surface area (Å²) in [4.78, 5) is 0. The molecular formula is C22H12ClO2P. The van der Waals surface area contributed by atoms with Crippen molar-refractivity contribution in [3.05, 3.63) is 77.8 Å². The molecule has 2 aliphatic heterocycles. The van der Waals surface area contributed by atoms with Gasteiger partial charge < -0.3 is 9.47 Å². The minimum Gasteiger partial charge on any atom is -0.456 e. The summed E-state index contributed by atoms with van der Waals surface area (Å²) < 4.78 is 12.5. The van der Waals surface area contributed by atoms with Gasteiger partial charge in [0.25, 0.3) is 0 Å². The lowest BCUT2D eigenvalue weighted by molar-refractivity contribution is 0.467. The summed E-state index contributed by atoms with van der Waals surface area (Å²) in [5, 5.41) is 6.67. The normalized spacial score (nSPS) is 16.1. The molecule has 4 heteroatoms. The Morgan fingerprint density at radius 3 is 2.27 bits per heavy atom. The molecule has 1 unspecified atom stereocenters. The van der Waals surface area contributed by atoms with Gasteiger partial charge in [-0.2, -0.15) is 0 Å². The molecule has 0 bridgehead atoms. The zero-order chi connectivity index (χ0) is 17.3.